The van der Waals surface area contributed by atoms with E-state index >= 15 is 0 Å². The number of rotatable bonds is 0. The highest BCUT2D eigenvalue weighted by atomic mass is 14.7. The quantitative estimate of drug-likeness (QED) is 0.551. The lowest BCUT2D eigenvalue weighted by atomic mass is 9.94. The van der Waals surface area contributed by atoms with Crippen LogP contribution in [0.15, 0.2) is 24.4 Å². The summed E-state index contributed by atoms with van der Waals surface area (Å²) in [5.41, 5.74) is 9.65. The standard InChI is InChI=1S/C15H15N/c1-9-7-14-12-5-4-6-16-15(12)8-13(14)11(3)10(9)2/h4-7H,8H2,1-3H3. The van der Waals surface area contributed by atoms with Crippen LogP contribution in [0.25, 0.3) is 11.1 Å². The van der Waals surface area contributed by atoms with E-state index in [2.05, 4.69) is 37.9 Å². The number of hydrogen-bond donors (Lipinski definition) is 0. The fourth-order valence-corrected chi connectivity index (χ4v) is 2.60. The van der Waals surface area contributed by atoms with Gasteiger partial charge in [-0.25, -0.2) is 0 Å². The molecule has 0 spiro atoms. The summed E-state index contributed by atoms with van der Waals surface area (Å²) in [5.74, 6) is 0. The van der Waals surface area contributed by atoms with E-state index in [0.29, 0.717) is 0 Å². The van der Waals surface area contributed by atoms with Gasteiger partial charge >= 0.3 is 0 Å². The van der Waals surface area contributed by atoms with Gasteiger partial charge in [-0.15, -0.1) is 0 Å². The van der Waals surface area contributed by atoms with Crippen molar-refractivity contribution in [1.82, 2.24) is 4.98 Å². The molecular formula is C15H15N. The monoisotopic (exact) mass is 209 g/mol. The average Bonchev–Trinajstić information content (AvgIpc) is 2.65. The number of aryl methyl sites for hydroxylation is 1. The minimum atomic E-state index is 0.998. The van der Waals surface area contributed by atoms with Gasteiger partial charge in [-0.1, -0.05) is 12.1 Å². The first-order chi connectivity index (χ1) is 7.68. The molecule has 0 unspecified atom stereocenters. The van der Waals surface area contributed by atoms with Gasteiger partial charge in [0.1, 0.15) is 0 Å². The van der Waals surface area contributed by atoms with E-state index in [4.69, 9.17) is 0 Å². The summed E-state index contributed by atoms with van der Waals surface area (Å²) in [6.45, 7) is 6.63. The Morgan fingerprint density at radius 3 is 2.69 bits per heavy atom. The normalized spacial score (nSPS) is 12.4. The molecule has 1 aromatic carbocycles. The molecule has 0 fully saturated rings. The van der Waals surface area contributed by atoms with Crippen LogP contribution in [0.1, 0.15) is 27.9 Å². The van der Waals surface area contributed by atoms with Crippen LogP contribution in [0.2, 0.25) is 0 Å². The van der Waals surface area contributed by atoms with Crippen LogP contribution in [0.5, 0.6) is 0 Å². The van der Waals surface area contributed by atoms with Gasteiger partial charge in [0.2, 0.25) is 0 Å². The van der Waals surface area contributed by atoms with Crippen LogP contribution in [0, 0.1) is 20.8 Å². The van der Waals surface area contributed by atoms with Crippen molar-refractivity contribution in [2.45, 2.75) is 27.2 Å². The third-order valence-corrected chi connectivity index (χ3v) is 3.82. The van der Waals surface area contributed by atoms with Crippen molar-refractivity contribution in [3.05, 3.63) is 52.3 Å². The first-order valence-corrected chi connectivity index (χ1v) is 5.72. The zero-order chi connectivity index (χ0) is 11.3. The molecule has 16 heavy (non-hydrogen) atoms. The van der Waals surface area contributed by atoms with Gasteiger partial charge < -0.3 is 0 Å². The summed E-state index contributed by atoms with van der Waals surface area (Å²) < 4.78 is 0. The van der Waals surface area contributed by atoms with E-state index in [0.717, 1.165) is 6.42 Å². The number of pyridine rings is 1. The van der Waals surface area contributed by atoms with Crippen molar-refractivity contribution in [1.29, 1.82) is 0 Å². The maximum atomic E-state index is 4.47. The van der Waals surface area contributed by atoms with E-state index in [-0.39, 0.29) is 0 Å². The third-order valence-electron chi connectivity index (χ3n) is 3.82. The average molecular weight is 209 g/mol. The topological polar surface area (TPSA) is 12.9 Å². The fourth-order valence-electron chi connectivity index (χ4n) is 2.60. The molecule has 1 nitrogen and oxygen atoms in total. The molecule has 1 aliphatic carbocycles. The molecule has 1 aromatic heterocycles. The maximum absolute atomic E-state index is 4.47. The SMILES string of the molecule is Cc1cc2c(c(C)c1C)Cc1ncccc1-2. The van der Waals surface area contributed by atoms with Crippen LogP contribution in [-0.4, -0.2) is 4.98 Å². The van der Waals surface area contributed by atoms with Gasteiger partial charge in [0.25, 0.3) is 0 Å². The summed E-state index contributed by atoms with van der Waals surface area (Å²) in [6.07, 6.45) is 2.89. The summed E-state index contributed by atoms with van der Waals surface area (Å²) in [6, 6.07) is 6.52. The predicted octanol–water partition coefficient (Wildman–Crippen LogP) is 3.58. The van der Waals surface area contributed by atoms with Crippen molar-refractivity contribution >= 4 is 0 Å². The highest BCUT2D eigenvalue weighted by molar-refractivity contribution is 5.77. The summed E-state index contributed by atoms with van der Waals surface area (Å²) in [7, 11) is 0. The lowest BCUT2D eigenvalue weighted by Crippen LogP contribution is -1.93. The van der Waals surface area contributed by atoms with E-state index in [9.17, 15) is 0 Å². The molecule has 0 saturated carbocycles. The molecule has 1 heteroatoms. The highest BCUT2D eigenvalue weighted by Crippen LogP contribution is 2.38. The minimum Gasteiger partial charge on any atom is -0.260 e. The summed E-state index contributed by atoms with van der Waals surface area (Å²) in [4.78, 5) is 4.47. The van der Waals surface area contributed by atoms with Gasteiger partial charge in [0.15, 0.2) is 0 Å². The predicted molar refractivity (Wildman–Crippen MR) is 66.7 cm³/mol. The van der Waals surface area contributed by atoms with E-state index in [1.54, 1.807) is 0 Å². The van der Waals surface area contributed by atoms with Gasteiger partial charge in [0, 0.05) is 18.2 Å². The first kappa shape index (κ1) is 9.59. The van der Waals surface area contributed by atoms with Gasteiger partial charge in [-0.2, -0.15) is 0 Å². The molecule has 0 bridgehead atoms. The Morgan fingerprint density at radius 1 is 1.06 bits per heavy atom. The van der Waals surface area contributed by atoms with Crippen molar-refractivity contribution in [2.75, 3.05) is 0 Å². The van der Waals surface area contributed by atoms with Gasteiger partial charge in [0.05, 0.1) is 5.69 Å². The number of aromatic nitrogens is 1. The number of hydrogen-bond acceptors (Lipinski definition) is 1. The lowest BCUT2D eigenvalue weighted by Gasteiger charge is -2.11. The van der Waals surface area contributed by atoms with Crippen molar-refractivity contribution in [3.8, 4) is 11.1 Å². The second kappa shape index (κ2) is 3.18. The Morgan fingerprint density at radius 2 is 1.88 bits per heavy atom. The molecular weight excluding hydrogens is 194 g/mol. The van der Waals surface area contributed by atoms with E-state index in [1.807, 2.05) is 12.3 Å². The Bertz CT molecular complexity index is 582. The first-order valence-electron chi connectivity index (χ1n) is 5.72. The van der Waals surface area contributed by atoms with E-state index in [1.165, 1.54) is 39.1 Å². The zero-order valence-electron chi connectivity index (χ0n) is 9.96. The molecule has 0 aliphatic heterocycles. The van der Waals surface area contributed by atoms with Crippen molar-refractivity contribution in [2.24, 2.45) is 0 Å². The molecule has 2 aromatic rings. The highest BCUT2D eigenvalue weighted by Gasteiger charge is 2.22. The maximum Gasteiger partial charge on any atom is 0.0526 e. The second-order valence-corrected chi connectivity index (χ2v) is 4.64. The van der Waals surface area contributed by atoms with Crippen molar-refractivity contribution in [3.63, 3.8) is 0 Å². The van der Waals surface area contributed by atoms with Crippen LogP contribution in [0.3, 0.4) is 0 Å². The Labute approximate surface area is 96.2 Å². The molecule has 1 aliphatic rings. The number of nitrogens with zero attached hydrogens (tertiary/aromatic N) is 1. The lowest BCUT2D eigenvalue weighted by molar-refractivity contribution is 1.10. The third kappa shape index (κ3) is 1.15. The molecule has 0 radical (unpaired) electrons. The van der Waals surface area contributed by atoms with Crippen LogP contribution in [0.4, 0.5) is 0 Å². The van der Waals surface area contributed by atoms with Crippen LogP contribution < -0.4 is 0 Å². The summed E-state index contributed by atoms with van der Waals surface area (Å²) in [5, 5.41) is 0. The largest absolute Gasteiger partial charge is 0.260 e. The fraction of sp³-hybridized carbons (Fsp3) is 0.267. The molecule has 80 valence electrons. The van der Waals surface area contributed by atoms with E-state index < -0.39 is 0 Å². The molecule has 0 atom stereocenters. The molecule has 0 amide bonds. The molecule has 0 saturated heterocycles. The molecule has 3 rings (SSSR count). The van der Waals surface area contributed by atoms with Gasteiger partial charge in [-0.05, 0) is 54.7 Å². The Hall–Kier alpha value is -1.63. The number of benzene rings is 1. The van der Waals surface area contributed by atoms with Gasteiger partial charge in [-0.3, -0.25) is 4.98 Å². The summed E-state index contributed by atoms with van der Waals surface area (Å²) >= 11 is 0. The van der Waals surface area contributed by atoms with Crippen LogP contribution >= 0.6 is 0 Å². The Kier molecular flexibility index (Phi) is 1.90. The molecule has 1 heterocycles. The zero-order valence-corrected chi connectivity index (χ0v) is 9.96. The minimum absolute atomic E-state index is 0.998. The smallest absolute Gasteiger partial charge is 0.0526 e. The Balaban J connectivity index is 2.34. The van der Waals surface area contributed by atoms with Crippen molar-refractivity contribution < 1.29 is 0 Å². The number of fused-ring (bicyclic) bond motifs is 3. The second-order valence-electron chi connectivity index (χ2n) is 4.64. The van der Waals surface area contributed by atoms with Crippen LogP contribution in [-0.2, 0) is 6.42 Å². The molecule has 0 N–H and O–H groups in total.